The number of carbonyl (C=O) groups is 1. The Hall–Kier alpha value is -2.23. The van der Waals surface area contributed by atoms with E-state index < -0.39 is 0 Å². The van der Waals surface area contributed by atoms with Crippen LogP contribution in [0.1, 0.15) is 80.3 Å². The van der Waals surface area contributed by atoms with Crippen LogP contribution in [-0.2, 0) is 11.2 Å². The summed E-state index contributed by atoms with van der Waals surface area (Å²) in [5, 5.41) is 0. The molecule has 1 aliphatic rings. The monoisotopic (exact) mass is 400 g/mol. The number of carbonyl (C=O) groups excluding carboxylic acids is 1. The van der Waals surface area contributed by atoms with Crippen LogP contribution in [0.4, 0.5) is 0 Å². The number of unbranched alkanes of at least 4 members (excludes halogenated alkanes) is 2. The van der Waals surface area contributed by atoms with Crippen molar-refractivity contribution < 1.29 is 19.0 Å². The Morgan fingerprint density at radius 1 is 1.21 bits per heavy atom. The van der Waals surface area contributed by atoms with Gasteiger partial charge in [-0.2, -0.15) is 0 Å². The third-order valence-corrected chi connectivity index (χ3v) is 5.94. The molecule has 0 spiro atoms. The maximum atomic E-state index is 12.8. The van der Waals surface area contributed by atoms with Gasteiger partial charge >= 0.3 is 5.97 Å². The molecule has 0 fully saturated rings. The van der Waals surface area contributed by atoms with Crippen molar-refractivity contribution in [2.24, 2.45) is 5.92 Å². The maximum Gasteiger partial charge on any atom is 0.341 e. The SMILES string of the molecule is C=C(C)[C@H]1CCC(C)=C[C@@H]1c1c(OC)cc(CCCCC)c(C(=O)OC)c1OC. The normalized spacial score (nSPS) is 18.8. The minimum atomic E-state index is -0.361. The molecule has 0 amide bonds. The van der Waals surface area contributed by atoms with Crippen LogP contribution in [0.25, 0.3) is 0 Å². The van der Waals surface area contributed by atoms with E-state index in [0.717, 1.165) is 61.0 Å². The van der Waals surface area contributed by atoms with E-state index in [9.17, 15) is 4.79 Å². The lowest BCUT2D eigenvalue weighted by atomic mass is 9.73. The Labute approximate surface area is 175 Å². The van der Waals surface area contributed by atoms with Gasteiger partial charge in [0.05, 0.1) is 21.3 Å². The number of hydrogen-bond acceptors (Lipinski definition) is 4. The van der Waals surface area contributed by atoms with E-state index in [-0.39, 0.29) is 17.8 Å². The van der Waals surface area contributed by atoms with Crippen LogP contribution in [0.2, 0.25) is 0 Å². The molecule has 29 heavy (non-hydrogen) atoms. The summed E-state index contributed by atoms with van der Waals surface area (Å²) in [4.78, 5) is 12.8. The Morgan fingerprint density at radius 3 is 2.48 bits per heavy atom. The van der Waals surface area contributed by atoms with Crippen molar-refractivity contribution in [2.75, 3.05) is 21.3 Å². The van der Waals surface area contributed by atoms with Gasteiger partial charge < -0.3 is 14.2 Å². The average Bonchev–Trinajstić information content (AvgIpc) is 2.71. The summed E-state index contributed by atoms with van der Waals surface area (Å²) in [5.41, 5.74) is 4.84. The topological polar surface area (TPSA) is 44.8 Å². The van der Waals surface area contributed by atoms with Gasteiger partial charge in [0.15, 0.2) is 0 Å². The summed E-state index contributed by atoms with van der Waals surface area (Å²) >= 11 is 0. The molecule has 1 aliphatic carbocycles. The maximum absolute atomic E-state index is 12.8. The number of benzene rings is 1. The highest BCUT2D eigenvalue weighted by molar-refractivity contribution is 5.95. The average molecular weight is 401 g/mol. The fourth-order valence-electron chi connectivity index (χ4n) is 4.39. The minimum Gasteiger partial charge on any atom is -0.496 e. The van der Waals surface area contributed by atoms with E-state index in [1.165, 1.54) is 12.7 Å². The number of esters is 1. The highest BCUT2D eigenvalue weighted by Crippen LogP contribution is 2.48. The molecule has 0 saturated carbocycles. The first kappa shape index (κ1) is 23.1. The lowest BCUT2D eigenvalue weighted by Crippen LogP contribution is -2.20. The molecule has 1 aromatic carbocycles. The second kappa shape index (κ2) is 10.5. The van der Waals surface area contributed by atoms with Gasteiger partial charge in [0.1, 0.15) is 17.1 Å². The number of rotatable bonds is 9. The van der Waals surface area contributed by atoms with E-state index in [1.807, 2.05) is 6.07 Å². The van der Waals surface area contributed by atoms with Gasteiger partial charge in [-0.1, -0.05) is 43.6 Å². The standard InChI is InChI=1S/C25H36O4/c1-8-9-10-11-18-15-21(27-5)23(24(28-6)22(18)25(26)29-7)20-14-17(4)12-13-19(20)16(2)3/h14-15,19-20H,2,8-13H2,1,3-7H3/t19-,20+/m1/s1. The molecule has 4 nitrogen and oxygen atoms in total. The summed E-state index contributed by atoms with van der Waals surface area (Å²) in [5.74, 6) is 1.31. The van der Waals surface area contributed by atoms with Crippen molar-refractivity contribution in [3.8, 4) is 11.5 Å². The Bertz CT molecular complexity index is 776. The zero-order chi connectivity index (χ0) is 21.6. The van der Waals surface area contributed by atoms with Gasteiger partial charge in [0, 0.05) is 11.5 Å². The number of hydrogen-bond donors (Lipinski definition) is 0. The molecular formula is C25H36O4. The van der Waals surface area contributed by atoms with Gasteiger partial charge in [-0.25, -0.2) is 4.79 Å². The van der Waals surface area contributed by atoms with Gasteiger partial charge in [0.2, 0.25) is 0 Å². The van der Waals surface area contributed by atoms with Gasteiger partial charge in [-0.15, -0.1) is 0 Å². The lowest BCUT2D eigenvalue weighted by molar-refractivity contribution is 0.0595. The van der Waals surface area contributed by atoms with Gasteiger partial charge in [0.25, 0.3) is 0 Å². The molecule has 0 saturated heterocycles. The second-order valence-electron chi connectivity index (χ2n) is 8.04. The molecule has 0 aliphatic heterocycles. The Balaban J connectivity index is 2.74. The zero-order valence-corrected chi connectivity index (χ0v) is 18.9. The number of ether oxygens (including phenoxy) is 3. The van der Waals surface area contributed by atoms with Crippen LogP contribution < -0.4 is 9.47 Å². The van der Waals surface area contributed by atoms with Crippen LogP contribution >= 0.6 is 0 Å². The first-order valence-corrected chi connectivity index (χ1v) is 10.6. The highest BCUT2D eigenvalue weighted by atomic mass is 16.5. The fourth-order valence-corrected chi connectivity index (χ4v) is 4.39. The number of aryl methyl sites for hydroxylation is 1. The van der Waals surface area contributed by atoms with E-state index in [1.54, 1.807) is 14.2 Å². The first-order valence-electron chi connectivity index (χ1n) is 10.6. The molecule has 0 heterocycles. The van der Waals surface area contributed by atoms with Gasteiger partial charge in [-0.3, -0.25) is 0 Å². The van der Waals surface area contributed by atoms with Crippen LogP contribution in [0.3, 0.4) is 0 Å². The molecule has 2 rings (SSSR count). The van der Waals surface area contributed by atoms with E-state index in [2.05, 4.69) is 33.4 Å². The Morgan fingerprint density at radius 2 is 1.93 bits per heavy atom. The largest absolute Gasteiger partial charge is 0.496 e. The summed E-state index contributed by atoms with van der Waals surface area (Å²) in [6.45, 7) is 10.6. The van der Waals surface area contributed by atoms with Crippen molar-refractivity contribution in [3.63, 3.8) is 0 Å². The van der Waals surface area contributed by atoms with Crippen LogP contribution in [-0.4, -0.2) is 27.3 Å². The molecule has 0 unspecified atom stereocenters. The quantitative estimate of drug-likeness (QED) is 0.280. The van der Waals surface area contributed by atoms with Crippen molar-refractivity contribution >= 4 is 5.97 Å². The summed E-state index contributed by atoms with van der Waals surface area (Å²) in [7, 11) is 4.72. The molecule has 1 aromatic rings. The lowest BCUT2D eigenvalue weighted by Gasteiger charge is -2.33. The summed E-state index contributed by atoms with van der Waals surface area (Å²) in [6.07, 6.45) is 8.37. The summed E-state index contributed by atoms with van der Waals surface area (Å²) in [6, 6.07) is 2.01. The molecule has 2 atom stereocenters. The van der Waals surface area contributed by atoms with Crippen molar-refractivity contribution in [2.45, 2.75) is 65.2 Å². The Kier molecular flexibility index (Phi) is 8.36. The van der Waals surface area contributed by atoms with Crippen LogP contribution in [0, 0.1) is 5.92 Å². The number of methoxy groups -OCH3 is 3. The molecule has 4 heteroatoms. The molecule has 0 radical (unpaired) electrons. The molecule has 0 N–H and O–H groups in total. The van der Waals surface area contributed by atoms with Crippen molar-refractivity contribution in [3.05, 3.63) is 46.6 Å². The third-order valence-electron chi connectivity index (χ3n) is 5.94. The van der Waals surface area contributed by atoms with Crippen LogP contribution in [0.5, 0.6) is 11.5 Å². The molecule has 0 bridgehead atoms. The smallest absolute Gasteiger partial charge is 0.341 e. The first-order chi connectivity index (χ1) is 13.9. The summed E-state index contributed by atoms with van der Waals surface area (Å²) < 4.78 is 16.8. The van der Waals surface area contributed by atoms with E-state index in [0.29, 0.717) is 11.3 Å². The number of allylic oxidation sites excluding steroid dienone is 3. The van der Waals surface area contributed by atoms with Crippen LogP contribution in [0.15, 0.2) is 29.9 Å². The molecule has 160 valence electrons. The van der Waals surface area contributed by atoms with Crippen molar-refractivity contribution in [1.29, 1.82) is 0 Å². The van der Waals surface area contributed by atoms with Gasteiger partial charge in [-0.05, 0) is 57.1 Å². The minimum absolute atomic E-state index is 0.0549. The van der Waals surface area contributed by atoms with E-state index in [4.69, 9.17) is 14.2 Å². The predicted octanol–water partition coefficient (Wildman–Crippen LogP) is 6.24. The third kappa shape index (κ3) is 5.04. The second-order valence-corrected chi connectivity index (χ2v) is 8.04. The molecule has 0 aromatic heterocycles. The van der Waals surface area contributed by atoms with E-state index >= 15 is 0 Å². The predicted molar refractivity (Wildman–Crippen MR) is 118 cm³/mol. The fraction of sp³-hybridized carbons (Fsp3) is 0.560. The van der Waals surface area contributed by atoms with Crippen molar-refractivity contribution in [1.82, 2.24) is 0 Å². The highest BCUT2D eigenvalue weighted by Gasteiger charge is 2.34. The molecular weight excluding hydrogens is 364 g/mol. The zero-order valence-electron chi connectivity index (χ0n) is 18.9.